The summed E-state index contributed by atoms with van der Waals surface area (Å²) in [7, 11) is 6.66. The van der Waals surface area contributed by atoms with E-state index in [-0.39, 0.29) is 24.0 Å². The SMILES string of the molecule is CN=C(NCc1c(OC)cc(OC)cc1OC)NC1CC2CCC1O2.I. The van der Waals surface area contributed by atoms with Crippen LogP contribution >= 0.6 is 24.0 Å². The van der Waals surface area contributed by atoms with Crippen molar-refractivity contribution < 1.29 is 18.9 Å². The van der Waals surface area contributed by atoms with Gasteiger partial charge in [0.15, 0.2) is 5.96 Å². The lowest BCUT2D eigenvalue weighted by Gasteiger charge is -2.23. The Morgan fingerprint density at radius 2 is 1.85 bits per heavy atom. The third-order valence-corrected chi connectivity index (χ3v) is 4.90. The number of nitrogens with one attached hydrogen (secondary N) is 2. The molecule has 3 atom stereocenters. The minimum absolute atomic E-state index is 0. The summed E-state index contributed by atoms with van der Waals surface area (Å²) < 4.78 is 22.2. The van der Waals surface area contributed by atoms with E-state index in [0.29, 0.717) is 42.0 Å². The molecular formula is C18H28IN3O4. The number of halogens is 1. The van der Waals surface area contributed by atoms with E-state index in [4.69, 9.17) is 18.9 Å². The molecule has 26 heavy (non-hydrogen) atoms. The van der Waals surface area contributed by atoms with Gasteiger partial charge in [-0.2, -0.15) is 0 Å². The third kappa shape index (κ3) is 4.46. The number of aliphatic imine (C=N–C) groups is 1. The molecule has 3 unspecified atom stereocenters. The molecule has 0 spiro atoms. The predicted octanol–water partition coefficient (Wildman–Crippen LogP) is 2.32. The van der Waals surface area contributed by atoms with Gasteiger partial charge in [-0.15, -0.1) is 24.0 Å². The Morgan fingerprint density at radius 3 is 2.31 bits per heavy atom. The highest BCUT2D eigenvalue weighted by Crippen LogP contribution is 2.35. The van der Waals surface area contributed by atoms with Crippen LogP contribution in [0.1, 0.15) is 24.8 Å². The molecule has 3 rings (SSSR count). The summed E-state index contributed by atoms with van der Waals surface area (Å²) in [6.07, 6.45) is 4.05. The molecule has 146 valence electrons. The van der Waals surface area contributed by atoms with Gasteiger partial charge in [-0.1, -0.05) is 0 Å². The summed E-state index contributed by atoms with van der Waals surface area (Å²) in [5.41, 5.74) is 0.915. The molecule has 8 heteroatoms. The van der Waals surface area contributed by atoms with Gasteiger partial charge in [0.2, 0.25) is 0 Å². The number of rotatable bonds is 6. The molecule has 0 saturated carbocycles. The molecule has 1 aromatic rings. The number of hydrogen-bond donors (Lipinski definition) is 2. The van der Waals surface area contributed by atoms with E-state index in [1.165, 1.54) is 6.42 Å². The quantitative estimate of drug-likeness (QED) is 0.372. The second-order valence-electron chi connectivity index (χ2n) is 6.30. The Hall–Kier alpha value is -1.42. The molecule has 2 N–H and O–H groups in total. The Bertz CT molecular complexity index is 616. The third-order valence-electron chi connectivity index (χ3n) is 4.90. The van der Waals surface area contributed by atoms with Gasteiger partial charge in [0.05, 0.1) is 51.7 Å². The van der Waals surface area contributed by atoms with Crippen LogP contribution in [0.5, 0.6) is 17.2 Å². The maximum absolute atomic E-state index is 5.89. The summed E-state index contributed by atoms with van der Waals surface area (Å²) >= 11 is 0. The van der Waals surface area contributed by atoms with Crippen LogP contribution in [0.15, 0.2) is 17.1 Å². The number of guanidine groups is 1. The van der Waals surface area contributed by atoms with Crippen LogP contribution in [-0.2, 0) is 11.3 Å². The fourth-order valence-corrected chi connectivity index (χ4v) is 3.58. The van der Waals surface area contributed by atoms with Crippen LogP contribution in [-0.4, -0.2) is 52.6 Å². The number of ether oxygens (including phenoxy) is 4. The summed E-state index contributed by atoms with van der Waals surface area (Å²) in [4.78, 5) is 4.33. The zero-order valence-electron chi connectivity index (χ0n) is 15.7. The molecule has 0 amide bonds. The Kier molecular flexibility index (Phi) is 7.63. The van der Waals surface area contributed by atoms with Gasteiger partial charge in [-0.25, -0.2) is 0 Å². The lowest BCUT2D eigenvalue weighted by Crippen LogP contribution is -2.47. The Morgan fingerprint density at radius 1 is 1.15 bits per heavy atom. The van der Waals surface area contributed by atoms with Crippen molar-refractivity contribution >= 4 is 29.9 Å². The molecule has 0 aromatic heterocycles. The lowest BCUT2D eigenvalue weighted by atomic mass is 9.96. The largest absolute Gasteiger partial charge is 0.496 e. The van der Waals surface area contributed by atoms with E-state index in [9.17, 15) is 0 Å². The average molecular weight is 477 g/mol. The van der Waals surface area contributed by atoms with Gasteiger partial charge in [0, 0.05) is 19.2 Å². The first-order chi connectivity index (χ1) is 12.2. The van der Waals surface area contributed by atoms with E-state index >= 15 is 0 Å². The maximum Gasteiger partial charge on any atom is 0.191 e. The molecule has 2 aliphatic rings. The zero-order valence-corrected chi connectivity index (χ0v) is 18.0. The summed E-state index contributed by atoms with van der Waals surface area (Å²) in [6, 6.07) is 4.02. The van der Waals surface area contributed by atoms with Crippen molar-refractivity contribution in [3.05, 3.63) is 17.7 Å². The van der Waals surface area contributed by atoms with Gasteiger partial charge in [0.25, 0.3) is 0 Å². The number of nitrogens with zero attached hydrogens (tertiary/aromatic N) is 1. The standard InChI is InChI=1S/C18H27N3O4.HI/c1-19-18(21-14-7-11-5-6-15(14)25-11)20-10-13-16(23-3)8-12(22-2)9-17(13)24-4;/h8-9,11,14-15H,5-7,10H2,1-4H3,(H2,19,20,21);1H. The van der Waals surface area contributed by atoms with Crippen LogP contribution in [0.2, 0.25) is 0 Å². The minimum Gasteiger partial charge on any atom is -0.496 e. The molecule has 2 bridgehead atoms. The first-order valence-corrected chi connectivity index (χ1v) is 8.60. The van der Waals surface area contributed by atoms with Crippen LogP contribution < -0.4 is 24.8 Å². The monoisotopic (exact) mass is 477 g/mol. The predicted molar refractivity (Wildman–Crippen MR) is 111 cm³/mol. The molecule has 7 nitrogen and oxygen atoms in total. The summed E-state index contributed by atoms with van der Waals surface area (Å²) in [5.74, 6) is 2.87. The fraction of sp³-hybridized carbons (Fsp3) is 0.611. The van der Waals surface area contributed by atoms with Crippen LogP contribution in [0.3, 0.4) is 0 Å². The summed E-state index contributed by atoms with van der Waals surface area (Å²) in [6.45, 7) is 0.525. The topological polar surface area (TPSA) is 73.3 Å². The highest BCUT2D eigenvalue weighted by Gasteiger charge is 2.41. The van der Waals surface area contributed by atoms with Crippen LogP contribution in [0, 0.1) is 0 Å². The highest BCUT2D eigenvalue weighted by molar-refractivity contribution is 14.0. The van der Waals surface area contributed by atoms with Crippen molar-refractivity contribution in [2.75, 3.05) is 28.4 Å². The molecule has 0 aliphatic carbocycles. The molecular weight excluding hydrogens is 449 g/mol. The smallest absolute Gasteiger partial charge is 0.191 e. The second-order valence-corrected chi connectivity index (χ2v) is 6.30. The van der Waals surface area contributed by atoms with Gasteiger partial charge >= 0.3 is 0 Å². The van der Waals surface area contributed by atoms with E-state index in [1.54, 1.807) is 28.4 Å². The van der Waals surface area contributed by atoms with Crippen molar-refractivity contribution in [1.82, 2.24) is 10.6 Å². The van der Waals surface area contributed by atoms with Crippen LogP contribution in [0.25, 0.3) is 0 Å². The lowest BCUT2D eigenvalue weighted by molar-refractivity contribution is 0.0992. The van der Waals surface area contributed by atoms with Crippen molar-refractivity contribution in [3.8, 4) is 17.2 Å². The zero-order chi connectivity index (χ0) is 17.8. The maximum atomic E-state index is 5.89. The van der Waals surface area contributed by atoms with E-state index in [1.807, 2.05) is 12.1 Å². The fourth-order valence-electron chi connectivity index (χ4n) is 3.58. The van der Waals surface area contributed by atoms with E-state index in [2.05, 4.69) is 15.6 Å². The van der Waals surface area contributed by atoms with Crippen molar-refractivity contribution in [2.45, 2.75) is 44.1 Å². The molecule has 2 saturated heterocycles. The van der Waals surface area contributed by atoms with Crippen molar-refractivity contribution in [3.63, 3.8) is 0 Å². The van der Waals surface area contributed by atoms with Crippen molar-refractivity contribution in [2.24, 2.45) is 4.99 Å². The molecule has 0 radical (unpaired) electrons. The Balaban J connectivity index is 0.00000243. The molecule has 2 fully saturated rings. The number of methoxy groups -OCH3 is 3. The first-order valence-electron chi connectivity index (χ1n) is 8.60. The van der Waals surface area contributed by atoms with Crippen LogP contribution in [0.4, 0.5) is 0 Å². The Labute approximate surface area is 171 Å². The number of fused-ring (bicyclic) bond motifs is 2. The van der Waals surface area contributed by atoms with Gasteiger partial charge in [-0.3, -0.25) is 4.99 Å². The second kappa shape index (κ2) is 9.50. The normalized spacial score (nSPS) is 24.0. The van der Waals surface area contributed by atoms with Gasteiger partial charge in [-0.05, 0) is 19.3 Å². The first kappa shape index (κ1) is 20.9. The summed E-state index contributed by atoms with van der Waals surface area (Å²) in [5, 5.41) is 6.81. The minimum atomic E-state index is 0. The van der Waals surface area contributed by atoms with Gasteiger partial charge in [0.1, 0.15) is 17.2 Å². The molecule has 1 aromatic carbocycles. The molecule has 2 aliphatic heterocycles. The van der Waals surface area contributed by atoms with Crippen molar-refractivity contribution in [1.29, 1.82) is 0 Å². The average Bonchev–Trinajstić information content (AvgIpc) is 3.27. The number of hydrogen-bond acceptors (Lipinski definition) is 5. The molecule has 2 heterocycles. The van der Waals surface area contributed by atoms with E-state index in [0.717, 1.165) is 24.4 Å². The van der Waals surface area contributed by atoms with Gasteiger partial charge < -0.3 is 29.6 Å². The number of benzene rings is 1. The highest BCUT2D eigenvalue weighted by atomic mass is 127. The van der Waals surface area contributed by atoms with E-state index < -0.39 is 0 Å².